The predicted octanol–water partition coefficient (Wildman–Crippen LogP) is 4.52. The van der Waals surface area contributed by atoms with Gasteiger partial charge >= 0.3 is 0 Å². The molecule has 0 spiro atoms. The molecule has 0 rings (SSSR count). The van der Waals surface area contributed by atoms with Crippen molar-refractivity contribution in [1.29, 1.82) is 0 Å². The standard InChI is InChI=1S/C16H38N2Si/c1-13(2)17-19(18-14(3)4,11-15(5,6)7)12-16(8,9)10/h13-14,17-18H,11-12H2,1-10H3. The molecular formula is C16H38N2Si. The van der Waals surface area contributed by atoms with Gasteiger partial charge in [-0.05, 0) is 35.0 Å². The SMILES string of the molecule is CC(C)N[Si](CC(C)(C)C)(CC(C)(C)C)NC(C)C. The smallest absolute Gasteiger partial charge is 0.202 e. The van der Waals surface area contributed by atoms with Gasteiger partial charge in [0.15, 0.2) is 0 Å². The van der Waals surface area contributed by atoms with Crippen LogP contribution in [0.4, 0.5) is 0 Å². The van der Waals surface area contributed by atoms with Crippen LogP contribution in [0, 0.1) is 10.8 Å². The van der Waals surface area contributed by atoms with Gasteiger partial charge in [0.05, 0.1) is 0 Å². The first-order valence-electron chi connectivity index (χ1n) is 7.80. The van der Waals surface area contributed by atoms with Gasteiger partial charge in [-0.25, -0.2) is 0 Å². The van der Waals surface area contributed by atoms with Crippen molar-refractivity contribution in [1.82, 2.24) is 9.96 Å². The molecule has 0 aromatic rings. The lowest BCUT2D eigenvalue weighted by Gasteiger charge is -2.44. The van der Waals surface area contributed by atoms with Crippen molar-refractivity contribution in [3.63, 3.8) is 0 Å². The zero-order chi connectivity index (χ0) is 15.5. The number of nitrogens with one attached hydrogen (secondary N) is 2. The van der Waals surface area contributed by atoms with E-state index >= 15 is 0 Å². The van der Waals surface area contributed by atoms with Crippen LogP contribution >= 0.6 is 0 Å². The highest BCUT2D eigenvalue weighted by Crippen LogP contribution is 2.34. The molecule has 0 amide bonds. The molecule has 0 saturated carbocycles. The maximum Gasteiger partial charge on any atom is 0.202 e. The minimum absolute atomic E-state index is 0.362. The first kappa shape index (κ1) is 19.1. The van der Waals surface area contributed by atoms with E-state index in [9.17, 15) is 0 Å². The average Bonchev–Trinajstić information content (AvgIpc) is 1.89. The minimum atomic E-state index is -1.69. The summed E-state index contributed by atoms with van der Waals surface area (Å²) in [6.45, 7) is 23.3. The van der Waals surface area contributed by atoms with Gasteiger partial charge in [-0.15, -0.1) is 0 Å². The molecule has 0 heterocycles. The zero-order valence-electron chi connectivity index (χ0n) is 15.1. The van der Waals surface area contributed by atoms with Crippen molar-refractivity contribution in [2.75, 3.05) is 0 Å². The van der Waals surface area contributed by atoms with E-state index in [1.54, 1.807) is 0 Å². The second kappa shape index (κ2) is 6.73. The summed E-state index contributed by atoms with van der Waals surface area (Å²) in [6.07, 6.45) is 0. The molecule has 0 aliphatic carbocycles. The molecule has 116 valence electrons. The van der Waals surface area contributed by atoms with Gasteiger partial charge < -0.3 is 9.96 Å². The predicted molar refractivity (Wildman–Crippen MR) is 90.8 cm³/mol. The summed E-state index contributed by atoms with van der Waals surface area (Å²) in [4.78, 5) is 7.93. The van der Waals surface area contributed by atoms with Gasteiger partial charge in [0.1, 0.15) is 0 Å². The van der Waals surface area contributed by atoms with Crippen molar-refractivity contribution >= 4 is 8.40 Å². The number of hydrogen-bond acceptors (Lipinski definition) is 2. The summed E-state index contributed by atoms with van der Waals surface area (Å²) < 4.78 is 0. The fourth-order valence-corrected chi connectivity index (χ4v) is 9.67. The summed E-state index contributed by atoms with van der Waals surface area (Å²) in [7, 11) is -1.69. The minimum Gasteiger partial charge on any atom is -0.323 e. The van der Waals surface area contributed by atoms with Gasteiger partial charge in [-0.1, -0.05) is 69.2 Å². The Balaban J connectivity index is 5.31. The maximum atomic E-state index is 3.97. The van der Waals surface area contributed by atoms with Crippen LogP contribution in [-0.4, -0.2) is 20.5 Å². The van der Waals surface area contributed by atoms with Crippen LogP contribution in [0.2, 0.25) is 12.1 Å². The molecule has 0 atom stereocenters. The number of rotatable bonds is 6. The Hall–Kier alpha value is 0.137. The lowest BCUT2D eigenvalue weighted by Crippen LogP contribution is -2.68. The van der Waals surface area contributed by atoms with E-state index in [0.29, 0.717) is 22.9 Å². The normalized spacial score (nSPS) is 14.5. The fourth-order valence-electron chi connectivity index (χ4n) is 3.22. The molecule has 2 nitrogen and oxygen atoms in total. The zero-order valence-corrected chi connectivity index (χ0v) is 16.1. The summed E-state index contributed by atoms with van der Waals surface area (Å²) in [5, 5.41) is 0. The van der Waals surface area contributed by atoms with Crippen LogP contribution < -0.4 is 9.96 Å². The van der Waals surface area contributed by atoms with Gasteiger partial charge in [-0.3, -0.25) is 0 Å². The lowest BCUT2D eigenvalue weighted by molar-refractivity contribution is 0.412. The molecule has 19 heavy (non-hydrogen) atoms. The van der Waals surface area contributed by atoms with Crippen molar-refractivity contribution in [2.45, 2.75) is 93.4 Å². The molecule has 0 aliphatic rings. The van der Waals surface area contributed by atoms with Crippen molar-refractivity contribution in [3.8, 4) is 0 Å². The molecule has 0 radical (unpaired) electrons. The largest absolute Gasteiger partial charge is 0.323 e. The molecule has 0 fully saturated rings. The number of hydrogen-bond donors (Lipinski definition) is 2. The van der Waals surface area contributed by atoms with Crippen molar-refractivity contribution in [2.24, 2.45) is 10.8 Å². The summed E-state index contributed by atoms with van der Waals surface area (Å²) >= 11 is 0. The van der Waals surface area contributed by atoms with Gasteiger partial charge in [0, 0.05) is 0 Å². The quantitative estimate of drug-likeness (QED) is 0.702. The molecule has 0 bridgehead atoms. The van der Waals surface area contributed by atoms with E-state index < -0.39 is 8.40 Å². The third-order valence-electron chi connectivity index (χ3n) is 2.79. The molecule has 0 aromatic carbocycles. The highest BCUT2D eigenvalue weighted by Gasteiger charge is 2.41. The van der Waals surface area contributed by atoms with Crippen LogP contribution in [0.25, 0.3) is 0 Å². The topological polar surface area (TPSA) is 24.1 Å². The monoisotopic (exact) mass is 286 g/mol. The Bertz CT molecular complexity index is 231. The summed E-state index contributed by atoms with van der Waals surface area (Å²) in [6, 6.07) is 3.63. The highest BCUT2D eigenvalue weighted by molar-refractivity contribution is 6.75. The van der Waals surface area contributed by atoms with Crippen LogP contribution in [0.15, 0.2) is 0 Å². The van der Waals surface area contributed by atoms with Gasteiger partial charge in [0.2, 0.25) is 8.40 Å². The molecule has 0 unspecified atom stereocenters. The summed E-state index contributed by atoms with van der Waals surface area (Å²) in [5.74, 6) is 0. The van der Waals surface area contributed by atoms with Crippen molar-refractivity contribution < 1.29 is 0 Å². The van der Waals surface area contributed by atoms with E-state index in [1.165, 1.54) is 12.1 Å². The third kappa shape index (κ3) is 9.64. The van der Waals surface area contributed by atoms with E-state index in [2.05, 4.69) is 79.2 Å². The Labute approximate surface area is 123 Å². The Morgan fingerprint density at radius 2 is 0.947 bits per heavy atom. The maximum absolute atomic E-state index is 3.97. The van der Waals surface area contributed by atoms with E-state index in [-0.39, 0.29) is 0 Å². The van der Waals surface area contributed by atoms with Crippen LogP contribution in [0.1, 0.15) is 69.2 Å². The lowest BCUT2D eigenvalue weighted by atomic mass is 10.00. The highest BCUT2D eigenvalue weighted by atomic mass is 28.3. The molecule has 0 aromatic heterocycles. The van der Waals surface area contributed by atoms with E-state index in [1.807, 2.05) is 0 Å². The Morgan fingerprint density at radius 1 is 0.684 bits per heavy atom. The molecule has 0 saturated heterocycles. The molecule has 2 N–H and O–H groups in total. The fraction of sp³-hybridized carbons (Fsp3) is 1.00. The second-order valence-electron chi connectivity index (χ2n) is 9.16. The van der Waals surface area contributed by atoms with Crippen molar-refractivity contribution in [3.05, 3.63) is 0 Å². The third-order valence-corrected chi connectivity index (χ3v) is 8.38. The van der Waals surface area contributed by atoms with Gasteiger partial charge in [-0.2, -0.15) is 0 Å². The Morgan fingerprint density at radius 3 is 1.11 bits per heavy atom. The van der Waals surface area contributed by atoms with E-state index in [4.69, 9.17) is 0 Å². The molecule has 3 heteroatoms. The van der Waals surface area contributed by atoms with Crippen LogP contribution in [0.5, 0.6) is 0 Å². The van der Waals surface area contributed by atoms with Crippen LogP contribution in [0.3, 0.4) is 0 Å². The van der Waals surface area contributed by atoms with E-state index in [0.717, 1.165) is 0 Å². The van der Waals surface area contributed by atoms with Crippen LogP contribution in [-0.2, 0) is 0 Å². The molecular weight excluding hydrogens is 248 g/mol. The first-order chi connectivity index (χ1) is 8.25. The average molecular weight is 287 g/mol. The first-order valence-corrected chi connectivity index (χ1v) is 10.2. The molecule has 0 aliphatic heterocycles. The van der Waals surface area contributed by atoms with Gasteiger partial charge in [0.25, 0.3) is 0 Å². The summed E-state index contributed by atoms with van der Waals surface area (Å²) in [5.41, 5.74) is 0.725. The Kier molecular flexibility index (Phi) is 6.78. The second-order valence-corrected chi connectivity index (χ2v) is 12.6.